The van der Waals surface area contributed by atoms with Gasteiger partial charge in [-0.25, -0.2) is 0 Å². The zero-order valence-electron chi connectivity index (χ0n) is 14.3. The summed E-state index contributed by atoms with van der Waals surface area (Å²) in [5, 5.41) is 0. The van der Waals surface area contributed by atoms with Crippen molar-refractivity contribution in [2.45, 2.75) is 38.6 Å². The third-order valence-electron chi connectivity index (χ3n) is 4.46. The molecule has 0 aliphatic carbocycles. The van der Waals surface area contributed by atoms with Gasteiger partial charge in [0.15, 0.2) is 0 Å². The van der Waals surface area contributed by atoms with Crippen molar-refractivity contribution in [1.82, 2.24) is 14.7 Å². The molecule has 5 heteroatoms. The Labute approximate surface area is 130 Å². The van der Waals surface area contributed by atoms with Crippen LogP contribution in [-0.4, -0.2) is 80.5 Å². The highest BCUT2D eigenvalue weighted by Crippen LogP contribution is 2.19. The van der Waals surface area contributed by atoms with Gasteiger partial charge in [0.05, 0.1) is 0 Å². The Balaban J connectivity index is 2.64. The minimum absolute atomic E-state index is 0.0929. The van der Waals surface area contributed by atoms with E-state index in [0.717, 1.165) is 51.9 Å². The fraction of sp³-hybridized carbons (Fsp3) is 0.938. The molecule has 1 rings (SSSR count). The lowest BCUT2D eigenvalue weighted by Gasteiger charge is -2.39. The van der Waals surface area contributed by atoms with Gasteiger partial charge in [-0.3, -0.25) is 4.79 Å². The van der Waals surface area contributed by atoms with Crippen LogP contribution in [0.15, 0.2) is 0 Å². The minimum atomic E-state index is 0.0929. The van der Waals surface area contributed by atoms with Crippen molar-refractivity contribution >= 4 is 5.91 Å². The number of likely N-dealkylation sites (N-methyl/N-ethyl adjacent to an activating group) is 1. The Kier molecular flexibility index (Phi) is 8.22. The molecule has 5 nitrogen and oxygen atoms in total. The second-order valence-electron chi connectivity index (χ2n) is 6.70. The van der Waals surface area contributed by atoms with E-state index < -0.39 is 0 Å². The van der Waals surface area contributed by atoms with Gasteiger partial charge in [0, 0.05) is 25.0 Å². The summed E-state index contributed by atoms with van der Waals surface area (Å²) in [7, 11) is 6.29. The van der Waals surface area contributed by atoms with Crippen molar-refractivity contribution in [3.05, 3.63) is 0 Å². The maximum Gasteiger partial charge on any atom is 0.225 e. The predicted molar refractivity (Wildman–Crippen MR) is 88.2 cm³/mol. The highest BCUT2D eigenvalue weighted by atomic mass is 16.2. The van der Waals surface area contributed by atoms with E-state index in [0.29, 0.717) is 18.5 Å². The molecular formula is C16H34N4O. The van der Waals surface area contributed by atoms with E-state index >= 15 is 0 Å². The van der Waals surface area contributed by atoms with E-state index in [1.54, 1.807) is 0 Å². The number of likely N-dealkylation sites (tertiary alicyclic amines) is 1. The first-order valence-electron chi connectivity index (χ1n) is 8.29. The molecule has 21 heavy (non-hydrogen) atoms. The maximum atomic E-state index is 12.8. The second kappa shape index (κ2) is 9.38. The number of carbonyl (C=O) groups excluding carboxylic acids is 1. The normalized spacial score (nSPS) is 19.0. The lowest BCUT2D eigenvalue weighted by atomic mass is 9.98. The van der Waals surface area contributed by atoms with Gasteiger partial charge in [0.2, 0.25) is 5.91 Å². The van der Waals surface area contributed by atoms with Gasteiger partial charge >= 0.3 is 0 Å². The molecule has 0 bridgehead atoms. The van der Waals surface area contributed by atoms with Crippen LogP contribution in [0.1, 0.15) is 32.6 Å². The standard InChI is InChI=1S/C16H34N4O/c1-14(6-5-9-17)16(21)20(13-12-18(2)3)15-7-10-19(4)11-8-15/h14-15H,5-13,17H2,1-4H3. The van der Waals surface area contributed by atoms with Gasteiger partial charge in [0.25, 0.3) is 0 Å². The summed E-state index contributed by atoms with van der Waals surface area (Å²) >= 11 is 0. The Bertz CT molecular complexity index is 301. The SMILES string of the molecule is CC(CCCN)C(=O)N(CCN(C)C)C1CCN(C)CC1. The largest absolute Gasteiger partial charge is 0.338 e. The fourth-order valence-electron chi connectivity index (χ4n) is 2.92. The summed E-state index contributed by atoms with van der Waals surface area (Å²) in [6, 6.07) is 0.411. The summed E-state index contributed by atoms with van der Waals surface area (Å²) < 4.78 is 0. The quantitative estimate of drug-likeness (QED) is 0.722. The second-order valence-corrected chi connectivity index (χ2v) is 6.70. The summed E-state index contributed by atoms with van der Waals surface area (Å²) in [5.74, 6) is 0.412. The molecule has 0 aromatic heterocycles. The molecule has 1 fully saturated rings. The molecule has 124 valence electrons. The number of nitrogens with two attached hydrogens (primary N) is 1. The van der Waals surface area contributed by atoms with Crippen LogP contribution in [0.3, 0.4) is 0 Å². The summed E-state index contributed by atoms with van der Waals surface area (Å²) in [6.07, 6.45) is 4.03. The molecule has 2 N–H and O–H groups in total. The average molecular weight is 298 g/mol. The lowest BCUT2D eigenvalue weighted by Crippen LogP contribution is -2.50. The fourth-order valence-corrected chi connectivity index (χ4v) is 2.92. The van der Waals surface area contributed by atoms with Crippen LogP contribution in [0.5, 0.6) is 0 Å². The van der Waals surface area contributed by atoms with E-state index in [2.05, 4.69) is 42.8 Å². The van der Waals surface area contributed by atoms with Crippen molar-refractivity contribution < 1.29 is 4.79 Å². The van der Waals surface area contributed by atoms with Crippen molar-refractivity contribution in [2.75, 3.05) is 53.9 Å². The number of carbonyl (C=O) groups is 1. The molecule has 0 spiro atoms. The smallest absolute Gasteiger partial charge is 0.225 e. The van der Waals surface area contributed by atoms with Crippen molar-refractivity contribution in [1.29, 1.82) is 0 Å². The first-order valence-corrected chi connectivity index (χ1v) is 8.29. The molecule has 1 aliphatic heterocycles. The third kappa shape index (κ3) is 6.32. The van der Waals surface area contributed by atoms with Crippen LogP contribution < -0.4 is 5.73 Å². The number of rotatable bonds is 8. The molecule has 0 aromatic rings. The summed E-state index contributed by atoms with van der Waals surface area (Å²) in [5.41, 5.74) is 5.57. The molecule has 1 heterocycles. The molecule has 1 amide bonds. The van der Waals surface area contributed by atoms with Gasteiger partial charge in [-0.15, -0.1) is 0 Å². The summed E-state index contributed by atoms with van der Waals surface area (Å²) in [4.78, 5) is 19.4. The van der Waals surface area contributed by atoms with Gasteiger partial charge in [0.1, 0.15) is 0 Å². The Hall–Kier alpha value is -0.650. The number of amides is 1. The summed E-state index contributed by atoms with van der Waals surface area (Å²) in [6.45, 7) is 6.68. The zero-order chi connectivity index (χ0) is 15.8. The van der Waals surface area contributed by atoms with Crippen LogP contribution in [-0.2, 0) is 4.79 Å². The highest BCUT2D eigenvalue weighted by molar-refractivity contribution is 5.78. The average Bonchev–Trinajstić information content (AvgIpc) is 2.46. The van der Waals surface area contributed by atoms with E-state index in [9.17, 15) is 4.79 Å². The lowest BCUT2D eigenvalue weighted by molar-refractivity contribution is -0.138. The number of hydrogen-bond donors (Lipinski definition) is 1. The Morgan fingerprint density at radius 3 is 2.43 bits per heavy atom. The van der Waals surface area contributed by atoms with Crippen LogP contribution in [0.2, 0.25) is 0 Å². The third-order valence-corrected chi connectivity index (χ3v) is 4.46. The topological polar surface area (TPSA) is 52.8 Å². The first kappa shape index (κ1) is 18.4. The first-order chi connectivity index (χ1) is 9.95. The van der Waals surface area contributed by atoms with E-state index in [4.69, 9.17) is 5.73 Å². The van der Waals surface area contributed by atoms with Crippen LogP contribution in [0.4, 0.5) is 0 Å². The van der Waals surface area contributed by atoms with Crippen LogP contribution in [0, 0.1) is 5.92 Å². The van der Waals surface area contributed by atoms with E-state index in [1.807, 2.05) is 0 Å². The van der Waals surface area contributed by atoms with Crippen LogP contribution >= 0.6 is 0 Å². The highest BCUT2D eigenvalue weighted by Gasteiger charge is 2.29. The maximum absolute atomic E-state index is 12.8. The number of hydrogen-bond acceptors (Lipinski definition) is 4. The molecular weight excluding hydrogens is 264 g/mol. The number of nitrogens with zero attached hydrogens (tertiary/aromatic N) is 3. The van der Waals surface area contributed by atoms with Gasteiger partial charge < -0.3 is 20.4 Å². The van der Waals surface area contributed by atoms with Gasteiger partial charge in [-0.1, -0.05) is 6.92 Å². The van der Waals surface area contributed by atoms with Crippen LogP contribution in [0.25, 0.3) is 0 Å². The van der Waals surface area contributed by atoms with Gasteiger partial charge in [-0.2, -0.15) is 0 Å². The molecule has 1 atom stereocenters. The van der Waals surface area contributed by atoms with Gasteiger partial charge in [-0.05, 0) is 66.5 Å². The Morgan fingerprint density at radius 1 is 1.29 bits per heavy atom. The zero-order valence-corrected chi connectivity index (χ0v) is 14.3. The monoisotopic (exact) mass is 298 g/mol. The van der Waals surface area contributed by atoms with Crippen molar-refractivity contribution in [2.24, 2.45) is 11.7 Å². The molecule has 0 saturated carbocycles. The van der Waals surface area contributed by atoms with E-state index in [-0.39, 0.29) is 5.92 Å². The minimum Gasteiger partial charge on any atom is -0.338 e. The molecule has 0 radical (unpaired) electrons. The van der Waals surface area contributed by atoms with Crippen molar-refractivity contribution in [3.63, 3.8) is 0 Å². The molecule has 1 aliphatic rings. The Morgan fingerprint density at radius 2 is 1.90 bits per heavy atom. The number of piperidine rings is 1. The predicted octanol–water partition coefficient (Wildman–Crippen LogP) is 0.846. The van der Waals surface area contributed by atoms with E-state index in [1.165, 1.54) is 0 Å². The molecule has 0 aromatic carbocycles. The van der Waals surface area contributed by atoms with Crippen molar-refractivity contribution in [3.8, 4) is 0 Å². The molecule has 1 saturated heterocycles. The molecule has 1 unspecified atom stereocenters.